The maximum Gasteiger partial charge on any atom is 0.307 e. The Balaban J connectivity index is 2.38. The molecule has 1 aliphatic rings. The molecular formula is C14H18O4. The van der Waals surface area contributed by atoms with Crippen LogP contribution in [0.4, 0.5) is 0 Å². The molecule has 0 heterocycles. The molecule has 0 aliphatic heterocycles. The van der Waals surface area contributed by atoms with Crippen LogP contribution in [0.25, 0.3) is 0 Å². The van der Waals surface area contributed by atoms with E-state index in [2.05, 4.69) is 0 Å². The van der Waals surface area contributed by atoms with Gasteiger partial charge in [0.25, 0.3) is 0 Å². The van der Waals surface area contributed by atoms with Gasteiger partial charge in [-0.15, -0.1) is 0 Å². The molecule has 1 fully saturated rings. The lowest BCUT2D eigenvalue weighted by Crippen LogP contribution is -2.17. The van der Waals surface area contributed by atoms with Crippen LogP contribution in [0.2, 0.25) is 0 Å². The van der Waals surface area contributed by atoms with Gasteiger partial charge in [-0.3, -0.25) is 4.79 Å². The summed E-state index contributed by atoms with van der Waals surface area (Å²) in [7, 11) is 3.21. The molecule has 2 rings (SSSR count). The highest BCUT2D eigenvalue weighted by atomic mass is 16.5. The van der Waals surface area contributed by atoms with Crippen LogP contribution >= 0.6 is 0 Å². The lowest BCUT2D eigenvalue weighted by atomic mass is 9.88. The molecule has 0 amide bonds. The molecule has 0 radical (unpaired) electrons. The van der Waals surface area contributed by atoms with E-state index < -0.39 is 5.97 Å². The molecule has 1 aliphatic carbocycles. The van der Waals surface area contributed by atoms with Gasteiger partial charge in [0.05, 0.1) is 20.1 Å². The van der Waals surface area contributed by atoms with E-state index in [0.29, 0.717) is 0 Å². The fourth-order valence-corrected chi connectivity index (χ4v) is 2.76. The number of hydrogen-bond acceptors (Lipinski definition) is 3. The second-order valence-corrected chi connectivity index (χ2v) is 4.59. The Hall–Kier alpha value is -1.71. The number of carboxylic acids is 1. The van der Waals surface area contributed by atoms with Gasteiger partial charge >= 0.3 is 5.97 Å². The zero-order chi connectivity index (χ0) is 13.1. The number of hydrogen-bond donors (Lipinski definition) is 1. The summed E-state index contributed by atoms with van der Waals surface area (Å²) in [5, 5.41) is 9.26. The number of aliphatic carboxylic acids is 1. The molecule has 4 nitrogen and oxygen atoms in total. The normalized spacial score (nSPS) is 22.8. The van der Waals surface area contributed by atoms with E-state index in [-0.39, 0.29) is 11.8 Å². The fourth-order valence-electron chi connectivity index (χ4n) is 2.76. The summed E-state index contributed by atoms with van der Waals surface area (Å²) in [5.41, 5.74) is 0.946. The predicted octanol–water partition coefficient (Wildman–Crippen LogP) is 2.67. The zero-order valence-electron chi connectivity index (χ0n) is 10.7. The average Bonchev–Trinajstić information content (AvgIpc) is 2.87. The molecule has 0 spiro atoms. The van der Waals surface area contributed by atoms with Gasteiger partial charge in [0, 0.05) is 11.5 Å². The van der Waals surface area contributed by atoms with Crippen LogP contribution in [-0.4, -0.2) is 25.3 Å². The van der Waals surface area contributed by atoms with Gasteiger partial charge in [-0.05, 0) is 31.0 Å². The first-order valence-electron chi connectivity index (χ1n) is 6.12. The molecule has 0 saturated heterocycles. The number of carboxylic acid groups (broad SMARTS) is 1. The van der Waals surface area contributed by atoms with E-state index in [1.165, 1.54) is 0 Å². The second-order valence-electron chi connectivity index (χ2n) is 4.59. The van der Waals surface area contributed by atoms with Gasteiger partial charge in [0.15, 0.2) is 0 Å². The summed E-state index contributed by atoms with van der Waals surface area (Å²) in [5.74, 6) is 0.469. The first-order valence-corrected chi connectivity index (χ1v) is 6.12. The summed E-state index contributed by atoms with van der Waals surface area (Å²) in [6.45, 7) is 0. The maximum atomic E-state index is 11.3. The minimum Gasteiger partial charge on any atom is -0.497 e. The molecule has 1 saturated carbocycles. The Kier molecular flexibility index (Phi) is 3.75. The number of rotatable bonds is 4. The first-order chi connectivity index (χ1) is 8.67. The number of benzene rings is 1. The van der Waals surface area contributed by atoms with E-state index in [0.717, 1.165) is 36.3 Å². The summed E-state index contributed by atoms with van der Waals surface area (Å²) in [4.78, 5) is 11.3. The molecule has 0 aromatic heterocycles. The summed E-state index contributed by atoms with van der Waals surface area (Å²) < 4.78 is 10.5. The Labute approximate surface area is 107 Å². The van der Waals surface area contributed by atoms with E-state index in [4.69, 9.17) is 9.47 Å². The van der Waals surface area contributed by atoms with Crippen molar-refractivity contribution in [2.75, 3.05) is 14.2 Å². The van der Waals surface area contributed by atoms with Crippen molar-refractivity contribution in [1.82, 2.24) is 0 Å². The smallest absolute Gasteiger partial charge is 0.307 e. The van der Waals surface area contributed by atoms with Crippen molar-refractivity contribution in [1.29, 1.82) is 0 Å². The standard InChI is InChI=1S/C14H18O4/c1-17-9-6-7-13(18-2)12(8-9)10-4-3-5-11(10)14(15)16/h6-8,10-11H,3-5H2,1-2H3,(H,15,16). The van der Waals surface area contributed by atoms with Crippen LogP contribution in [0.15, 0.2) is 18.2 Å². The quantitative estimate of drug-likeness (QED) is 0.892. The van der Waals surface area contributed by atoms with Crippen LogP contribution in [0.5, 0.6) is 11.5 Å². The Bertz CT molecular complexity index is 441. The SMILES string of the molecule is COc1ccc(OC)c(C2CCCC2C(=O)O)c1. The molecule has 2 atom stereocenters. The van der Waals surface area contributed by atoms with Crippen LogP contribution in [0, 0.1) is 5.92 Å². The summed E-state index contributed by atoms with van der Waals surface area (Å²) in [6.07, 6.45) is 2.57. The molecule has 98 valence electrons. The molecule has 18 heavy (non-hydrogen) atoms. The van der Waals surface area contributed by atoms with Crippen molar-refractivity contribution >= 4 is 5.97 Å². The number of carbonyl (C=O) groups is 1. The third-order valence-corrected chi connectivity index (χ3v) is 3.67. The highest BCUT2D eigenvalue weighted by Gasteiger charge is 2.35. The van der Waals surface area contributed by atoms with Crippen LogP contribution in [0.1, 0.15) is 30.7 Å². The van der Waals surface area contributed by atoms with Gasteiger partial charge < -0.3 is 14.6 Å². The number of ether oxygens (including phenoxy) is 2. The highest BCUT2D eigenvalue weighted by Crippen LogP contribution is 2.44. The van der Waals surface area contributed by atoms with E-state index in [1.54, 1.807) is 14.2 Å². The van der Waals surface area contributed by atoms with E-state index >= 15 is 0 Å². The minimum atomic E-state index is -0.720. The molecule has 4 heteroatoms. The minimum absolute atomic E-state index is 0.0209. The van der Waals surface area contributed by atoms with Crippen molar-refractivity contribution in [3.8, 4) is 11.5 Å². The monoisotopic (exact) mass is 250 g/mol. The van der Waals surface area contributed by atoms with Gasteiger partial charge in [0.1, 0.15) is 11.5 Å². The topological polar surface area (TPSA) is 55.8 Å². The molecule has 0 bridgehead atoms. The van der Waals surface area contributed by atoms with Gasteiger partial charge in [0.2, 0.25) is 0 Å². The third kappa shape index (κ3) is 2.28. The van der Waals surface area contributed by atoms with Crippen LogP contribution in [0.3, 0.4) is 0 Å². The summed E-state index contributed by atoms with van der Waals surface area (Å²) in [6, 6.07) is 5.56. The number of methoxy groups -OCH3 is 2. The molecular weight excluding hydrogens is 232 g/mol. The molecule has 1 N–H and O–H groups in total. The van der Waals surface area contributed by atoms with Crippen LogP contribution < -0.4 is 9.47 Å². The summed E-state index contributed by atoms with van der Waals surface area (Å²) >= 11 is 0. The molecule has 2 unspecified atom stereocenters. The van der Waals surface area contributed by atoms with E-state index in [1.807, 2.05) is 18.2 Å². The largest absolute Gasteiger partial charge is 0.497 e. The van der Waals surface area contributed by atoms with Crippen molar-refractivity contribution in [2.24, 2.45) is 5.92 Å². The van der Waals surface area contributed by atoms with E-state index in [9.17, 15) is 9.90 Å². The maximum absolute atomic E-state index is 11.3. The van der Waals surface area contributed by atoms with Crippen molar-refractivity contribution in [2.45, 2.75) is 25.2 Å². The lowest BCUT2D eigenvalue weighted by molar-refractivity contribution is -0.142. The second kappa shape index (κ2) is 5.29. The predicted molar refractivity (Wildman–Crippen MR) is 67.3 cm³/mol. The Morgan fingerprint density at radius 3 is 2.67 bits per heavy atom. The lowest BCUT2D eigenvalue weighted by Gasteiger charge is -2.19. The zero-order valence-corrected chi connectivity index (χ0v) is 10.7. The van der Waals surface area contributed by atoms with Gasteiger partial charge in [-0.2, -0.15) is 0 Å². The Morgan fingerprint density at radius 2 is 2.06 bits per heavy atom. The van der Waals surface area contributed by atoms with Gasteiger partial charge in [-0.25, -0.2) is 0 Å². The first kappa shape index (κ1) is 12.7. The van der Waals surface area contributed by atoms with Crippen molar-refractivity contribution in [3.63, 3.8) is 0 Å². The Morgan fingerprint density at radius 1 is 1.28 bits per heavy atom. The van der Waals surface area contributed by atoms with Crippen molar-refractivity contribution < 1.29 is 19.4 Å². The van der Waals surface area contributed by atoms with Crippen molar-refractivity contribution in [3.05, 3.63) is 23.8 Å². The fraction of sp³-hybridized carbons (Fsp3) is 0.500. The van der Waals surface area contributed by atoms with Crippen LogP contribution in [-0.2, 0) is 4.79 Å². The average molecular weight is 250 g/mol. The highest BCUT2D eigenvalue weighted by molar-refractivity contribution is 5.72. The molecule has 1 aromatic carbocycles. The third-order valence-electron chi connectivity index (χ3n) is 3.67. The molecule has 1 aromatic rings. The van der Waals surface area contributed by atoms with Gasteiger partial charge in [-0.1, -0.05) is 6.42 Å².